The van der Waals surface area contributed by atoms with Crippen LogP contribution in [0.5, 0.6) is 0 Å². The van der Waals surface area contributed by atoms with Gasteiger partial charge in [-0.05, 0) is 55.6 Å². The fourth-order valence-electron chi connectivity index (χ4n) is 7.92. The molecule has 1 atom stereocenters. The molecule has 0 aromatic heterocycles. The van der Waals surface area contributed by atoms with E-state index in [4.69, 9.17) is 0 Å². The standard InChI is InChI=1S/C50H89NO3S4/c1-6-10-14-18-22-26-30-34-38-55-45-43-44(50(54)51(42(5)52)49(43)53)46(56-39-35-31-27-23-19-15-11-7-2)48(58-41-37-33-29-25-21-17-13-9-4)47(45)57-40-36-32-28-24-20-16-12-8-3/h42,52H,6-41H2,1-5H3. The summed E-state index contributed by atoms with van der Waals surface area (Å²) in [5, 5.41) is 10.8. The van der Waals surface area contributed by atoms with Gasteiger partial charge >= 0.3 is 0 Å². The Bertz CT molecular complexity index is 1120. The van der Waals surface area contributed by atoms with Crippen molar-refractivity contribution in [2.75, 3.05) is 23.0 Å². The number of carbonyl (C=O) groups excluding carboxylic acids is 2. The van der Waals surface area contributed by atoms with E-state index in [1.807, 2.05) is 47.0 Å². The smallest absolute Gasteiger partial charge is 0.264 e. The van der Waals surface area contributed by atoms with Crippen LogP contribution in [0.1, 0.15) is 261 Å². The Hall–Kier alpha value is -0.280. The van der Waals surface area contributed by atoms with Crippen LogP contribution in [-0.4, -0.2) is 51.1 Å². The van der Waals surface area contributed by atoms with Crippen LogP contribution in [-0.2, 0) is 0 Å². The van der Waals surface area contributed by atoms with Gasteiger partial charge in [0.05, 0.1) is 11.1 Å². The summed E-state index contributed by atoms with van der Waals surface area (Å²) in [6.07, 6.45) is 40.0. The molecular formula is C50H89NO3S4. The van der Waals surface area contributed by atoms with Gasteiger partial charge in [-0.3, -0.25) is 9.59 Å². The van der Waals surface area contributed by atoms with Crippen molar-refractivity contribution in [2.45, 2.75) is 266 Å². The molecule has 0 saturated heterocycles. The molecule has 1 aliphatic heterocycles. The zero-order valence-electron chi connectivity index (χ0n) is 38.4. The first kappa shape index (κ1) is 53.9. The predicted octanol–water partition coefficient (Wildman–Crippen LogP) is 17.6. The highest BCUT2D eigenvalue weighted by Gasteiger charge is 2.44. The molecule has 0 fully saturated rings. The Morgan fingerprint density at radius 2 is 0.569 bits per heavy atom. The van der Waals surface area contributed by atoms with Gasteiger partial charge in [0.1, 0.15) is 6.23 Å². The van der Waals surface area contributed by atoms with Gasteiger partial charge in [0.25, 0.3) is 11.8 Å². The number of thioether (sulfide) groups is 4. The number of carbonyl (C=O) groups is 2. The number of aliphatic hydroxyl groups excluding tert-OH is 1. The number of unbranched alkanes of at least 4 members (excludes halogenated alkanes) is 28. The molecule has 0 aliphatic carbocycles. The molecule has 8 heteroatoms. The molecule has 1 unspecified atom stereocenters. The van der Waals surface area contributed by atoms with Crippen molar-refractivity contribution in [3.8, 4) is 0 Å². The summed E-state index contributed by atoms with van der Waals surface area (Å²) >= 11 is 7.55. The van der Waals surface area contributed by atoms with Crippen molar-refractivity contribution in [1.29, 1.82) is 0 Å². The lowest BCUT2D eigenvalue weighted by Crippen LogP contribution is -2.37. The SMILES string of the molecule is CCCCCCCCCCSc1c(SCCCCCCCCCC)c(SCCCCCCCCCC)c2c(c1SCCCCCCCCCC)C(=O)N(C(C)O)C2=O. The fourth-order valence-corrected chi connectivity index (χ4v) is 13.4. The lowest BCUT2D eigenvalue weighted by molar-refractivity contribution is 0.0211. The van der Waals surface area contributed by atoms with Crippen molar-refractivity contribution in [1.82, 2.24) is 4.90 Å². The van der Waals surface area contributed by atoms with Gasteiger partial charge in [-0.1, -0.05) is 207 Å². The molecular weight excluding hydrogens is 791 g/mol. The summed E-state index contributed by atoms with van der Waals surface area (Å²) in [4.78, 5) is 34.4. The molecule has 1 aromatic rings. The molecule has 2 amide bonds. The number of amides is 2. The first-order valence-corrected chi connectivity index (χ1v) is 28.7. The molecule has 0 radical (unpaired) electrons. The Labute approximate surface area is 376 Å². The number of benzene rings is 1. The quantitative estimate of drug-likeness (QED) is 0.0399. The molecule has 2 rings (SSSR count). The number of rotatable bonds is 41. The third-order valence-corrected chi connectivity index (χ3v) is 16.7. The summed E-state index contributed by atoms with van der Waals surface area (Å²) in [6.45, 7) is 10.7. The van der Waals surface area contributed by atoms with E-state index in [1.165, 1.54) is 202 Å². The first-order valence-electron chi connectivity index (χ1n) is 24.7. The van der Waals surface area contributed by atoms with Crippen molar-refractivity contribution in [3.05, 3.63) is 11.1 Å². The van der Waals surface area contributed by atoms with Crippen molar-refractivity contribution in [2.24, 2.45) is 0 Å². The second-order valence-corrected chi connectivity index (χ2v) is 21.4. The lowest BCUT2D eigenvalue weighted by Gasteiger charge is -2.21. The van der Waals surface area contributed by atoms with Crippen molar-refractivity contribution >= 4 is 58.9 Å². The van der Waals surface area contributed by atoms with Crippen LogP contribution < -0.4 is 0 Å². The van der Waals surface area contributed by atoms with E-state index in [0.29, 0.717) is 11.1 Å². The van der Waals surface area contributed by atoms with Crippen LogP contribution in [0.15, 0.2) is 19.6 Å². The van der Waals surface area contributed by atoms with Crippen LogP contribution in [0.4, 0.5) is 0 Å². The summed E-state index contributed by atoms with van der Waals surface area (Å²) in [7, 11) is 0. The zero-order chi connectivity index (χ0) is 42.1. The maximum absolute atomic E-state index is 14.3. The molecule has 1 heterocycles. The van der Waals surface area contributed by atoms with Crippen LogP contribution >= 0.6 is 47.0 Å². The molecule has 0 saturated carbocycles. The Balaban J connectivity index is 2.41. The first-order chi connectivity index (χ1) is 28.4. The number of hydrogen-bond acceptors (Lipinski definition) is 7. The molecule has 0 spiro atoms. The molecule has 1 aliphatic rings. The van der Waals surface area contributed by atoms with Gasteiger partial charge in [-0.15, -0.1) is 47.0 Å². The molecule has 4 nitrogen and oxygen atoms in total. The predicted molar refractivity (Wildman–Crippen MR) is 262 cm³/mol. The highest BCUT2D eigenvalue weighted by molar-refractivity contribution is 8.04. The van der Waals surface area contributed by atoms with Gasteiger partial charge in [0.2, 0.25) is 0 Å². The lowest BCUT2D eigenvalue weighted by atomic mass is 10.1. The highest BCUT2D eigenvalue weighted by Crippen LogP contribution is 2.51. The van der Waals surface area contributed by atoms with Gasteiger partial charge in [-0.2, -0.15) is 0 Å². The van der Waals surface area contributed by atoms with E-state index >= 15 is 0 Å². The van der Waals surface area contributed by atoms with E-state index < -0.39 is 6.23 Å². The summed E-state index contributed by atoms with van der Waals surface area (Å²) < 4.78 is 0. The van der Waals surface area contributed by atoms with Gasteiger partial charge in [0.15, 0.2) is 0 Å². The average molecular weight is 881 g/mol. The topological polar surface area (TPSA) is 57.6 Å². The highest BCUT2D eigenvalue weighted by atomic mass is 32.2. The number of aliphatic hydroxyl groups is 1. The maximum atomic E-state index is 14.3. The second-order valence-electron chi connectivity index (χ2n) is 17.0. The van der Waals surface area contributed by atoms with E-state index in [1.54, 1.807) is 6.92 Å². The van der Waals surface area contributed by atoms with Crippen LogP contribution in [0, 0.1) is 0 Å². The van der Waals surface area contributed by atoms with Crippen molar-refractivity contribution < 1.29 is 14.7 Å². The average Bonchev–Trinajstić information content (AvgIpc) is 3.48. The molecule has 1 N–H and O–H groups in total. The Morgan fingerprint density at radius 3 is 0.793 bits per heavy atom. The van der Waals surface area contributed by atoms with Gasteiger partial charge < -0.3 is 5.11 Å². The molecule has 58 heavy (non-hydrogen) atoms. The minimum atomic E-state index is -1.15. The van der Waals surface area contributed by atoms with Gasteiger partial charge in [0, 0.05) is 19.6 Å². The van der Waals surface area contributed by atoms with Crippen LogP contribution in [0.2, 0.25) is 0 Å². The van der Waals surface area contributed by atoms with E-state index in [2.05, 4.69) is 27.7 Å². The fraction of sp³-hybridized carbons (Fsp3) is 0.840. The number of fused-ring (bicyclic) bond motifs is 1. The number of imide groups is 1. The van der Waals surface area contributed by atoms with E-state index in [9.17, 15) is 14.7 Å². The minimum absolute atomic E-state index is 0.295. The molecule has 0 bridgehead atoms. The summed E-state index contributed by atoms with van der Waals surface area (Å²) in [6, 6.07) is 0. The summed E-state index contributed by atoms with van der Waals surface area (Å²) in [5.41, 5.74) is 1.17. The Kier molecular flexibility index (Phi) is 33.6. The number of hydrogen-bond donors (Lipinski definition) is 1. The normalized spacial score (nSPS) is 13.3. The van der Waals surface area contributed by atoms with Crippen LogP contribution in [0.25, 0.3) is 0 Å². The minimum Gasteiger partial charge on any atom is -0.373 e. The second kappa shape index (κ2) is 36.2. The third-order valence-electron chi connectivity index (χ3n) is 11.5. The van der Waals surface area contributed by atoms with Crippen LogP contribution in [0.3, 0.4) is 0 Å². The van der Waals surface area contributed by atoms with Gasteiger partial charge in [-0.25, -0.2) is 4.90 Å². The van der Waals surface area contributed by atoms with E-state index in [-0.39, 0.29) is 11.8 Å². The molecule has 1 aromatic carbocycles. The van der Waals surface area contributed by atoms with E-state index in [0.717, 1.165) is 50.5 Å². The Morgan fingerprint density at radius 1 is 0.362 bits per heavy atom. The van der Waals surface area contributed by atoms with Crippen molar-refractivity contribution in [3.63, 3.8) is 0 Å². The summed E-state index contributed by atoms with van der Waals surface area (Å²) in [5.74, 6) is 3.39. The monoisotopic (exact) mass is 880 g/mol. The maximum Gasteiger partial charge on any atom is 0.264 e. The zero-order valence-corrected chi connectivity index (χ0v) is 41.6. The molecule has 336 valence electrons. The largest absolute Gasteiger partial charge is 0.373 e. The third kappa shape index (κ3) is 21.7. The number of nitrogens with zero attached hydrogens (tertiary/aromatic N) is 1.